The molecule has 0 saturated carbocycles. The van der Waals surface area contributed by atoms with Gasteiger partial charge in [-0.1, -0.05) is 0 Å². The van der Waals surface area contributed by atoms with Crippen LogP contribution < -0.4 is 11.0 Å². The molecule has 72 valence electrons. The molecule has 0 amide bonds. The molecule has 5 N–H and O–H groups in total. The minimum absolute atomic E-state index is 0.404. The molecule has 0 saturated heterocycles. The first kappa shape index (κ1) is 11.5. The average molecular weight is 200 g/mol. The third-order valence-corrected chi connectivity index (χ3v) is 1.38. The van der Waals surface area contributed by atoms with Crippen LogP contribution in [0.3, 0.4) is 0 Å². The predicted molar refractivity (Wildman–Crippen MR) is 35.9 cm³/mol. The number of rotatable bonds is 5. The first-order valence-electron chi connectivity index (χ1n) is 2.80. The number of nitrogens with one attached hydrogen (secondary N) is 2. The summed E-state index contributed by atoms with van der Waals surface area (Å²) in [4.78, 5) is 30.8. The van der Waals surface area contributed by atoms with Crippen molar-refractivity contribution in [1.82, 2.24) is 11.0 Å². The van der Waals surface area contributed by atoms with Gasteiger partial charge in [0.1, 0.15) is 0 Å². The Kier molecular flexibility index (Phi) is 4.98. The van der Waals surface area contributed by atoms with E-state index in [1.807, 2.05) is 0 Å². The van der Waals surface area contributed by atoms with Crippen molar-refractivity contribution >= 4 is 13.6 Å². The van der Waals surface area contributed by atoms with E-state index in [-0.39, 0.29) is 0 Å². The van der Waals surface area contributed by atoms with E-state index in [9.17, 15) is 9.36 Å². The van der Waals surface area contributed by atoms with Gasteiger partial charge < -0.3 is 14.6 Å². The first-order chi connectivity index (χ1) is 5.45. The summed E-state index contributed by atoms with van der Waals surface area (Å²) >= 11 is 0. The summed E-state index contributed by atoms with van der Waals surface area (Å²) < 4.78 is 10.2. The highest BCUT2D eigenvalue weighted by atomic mass is 31.2. The van der Waals surface area contributed by atoms with Crippen molar-refractivity contribution in [3.8, 4) is 0 Å². The molecule has 0 aliphatic rings. The maximum absolute atomic E-state index is 10.4. The Morgan fingerprint density at radius 3 is 2.50 bits per heavy atom. The van der Waals surface area contributed by atoms with Crippen molar-refractivity contribution in [2.45, 2.75) is 0 Å². The Bertz CT molecular complexity index is 189. The number of hydrogen-bond acceptors (Lipinski definition) is 6. The molecule has 9 heteroatoms. The number of carbonyl (C=O) groups is 1. The zero-order valence-electron chi connectivity index (χ0n) is 5.93. The zero-order valence-corrected chi connectivity index (χ0v) is 6.82. The van der Waals surface area contributed by atoms with Crippen molar-refractivity contribution in [2.24, 2.45) is 0 Å². The van der Waals surface area contributed by atoms with E-state index in [0.717, 1.165) is 5.64 Å². The lowest BCUT2D eigenvalue weighted by atomic mass is 10.7. The van der Waals surface area contributed by atoms with E-state index in [1.54, 1.807) is 0 Å². The minimum Gasteiger partial charge on any atom is -0.344 e. The maximum Gasteiger partial charge on any atom is 0.341 e. The van der Waals surface area contributed by atoms with Gasteiger partial charge in [-0.05, 0) is 5.64 Å². The van der Waals surface area contributed by atoms with E-state index in [1.165, 1.54) is 0 Å². The lowest BCUT2D eigenvalue weighted by Crippen LogP contribution is -2.28. The van der Waals surface area contributed by atoms with Crippen LogP contribution in [0.15, 0.2) is 0 Å². The SMILES string of the molecule is O=C(CNCP(=O)(O)O)ONO. The summed E-state index contributed by atoms with van der Waals surface area (Å²) in [6.07, 6.45) is -0.618. The molecule has 8 nitrogen and oxygen atoms in total. The Labute approximate surface area is 67.6 Å². The third kappa shape index (κ3) is 7.61. The highest BCUT2D eigenvalue weighted by molar-refractivity contribution is 7.51. The van der Waals surface area contributed by atoms with Crippen molar-refractivity contribution in [1.29, 1.82) is 0 Å². The molecule has 0 atom stereocenters. The zero-order chi connectivity index (χ0) is 9.61. The van der Waals surface area contributed by atoms with Gasteiger partial charge in [0.05, 0.1) is 12.8 Å². The predicted octanol–water partition coefficient (Wildman–Crippen LogP) is -1.85. The molecule has 0 bridgehead atoms. The molecule has 0 spiro atoms. The van der Waals surface area contributed by atoms with Crippen LogP contribution in [-0.2, 0) is 14.2 Å². The van der Waals surface area contributed by atoms with E-state index in [0.29, 0.717) is 0 Å². The summed E-state index contributed by atoms with van der Waals surface area (Å²) in [6.45, 7) is -0.404. The number of hydrogen-bond donors (Lipinski definition) is 5. The van der Waals surface area contributed by atoms with Crippen LogP contribution in [0.1, 0.15) is 0 Å². The minimum atomic E-state index is -4.14. The molecule has 0 aliphatic heterocycles. The summed E-state index contributed by atoms with van der Waals surface area (Å²) in [7, 11) is -4.14. The first-order valence-corrected chi connectivity index (χ1v) is 4.59. The van der Waals surface area contributed by atoms with Gasteiger partial charge in [0.25, 0.3) is 0 Å². The second-order valence-corrected chi connectivity index (χ2v) is 3.46. The lowest BCUT2D eigenvalue weighted by Gasteiger charge is -2.04. The van der Waals surface area contributed by atoms with Gasteiger partial charge in [-0.2, -0.15) is 0 Å². The Balaban J connectivity index is 3.44. The molecule has 0 heterocycles. The fraction of sp³-hybridized carbons (Fsp3) is 0.667. The molecule has 0 fully saturated rings. The van der Waals surface area contributed by atoms with Crippen LogP contribution in [0.2, 0.25) is 0 Å². The Morgan fingerprint density at radius 1 is 1.50 bits per heavy atom. The molecular weight excluding hydrogens is 191 g/mol. The second kappa shape index (κ2) is 5.20. The summed E-state index contributed by atoms with van der Waals surface area (Å²) in [5, 5.41) is 9.94. The summed E-state index contributed by atoms with van der Waals surface area (Å²) in [6, 6.07) is 0. The molecule has 12 heavy (non-hydrogen) atoms. The normalized spacial score (nSPS) is 11.2. The van der Waals surface area contributed by atoms with E-state index >= 15 is 0 Å². The average Bonchev–Trinajstić information content (AvgIpc) is 1.84. The van der Waals surface area contributed by atoms with Crippen LogP contribution in [0.5, 0.6) is 0 Å². The van der Waals surface area contributed by atoms with Crippen LogP contribution in [0.25, 0.3) is 0 Å². The van der Waals surface area contributed by atoms with Crippen molar-refractivity contribution in [2.75, 3.05) is 12.8 Å². The quantitative estimate of drug-likeness (QED) is 0.258. The van der Waals surface area contributed by atoms with E-state index in [4.69, 9.17) is 15.0 Å². The van der Waals surface area contributed by atoms with Crippen LogP contribution in [-0.4, -0.2) is 33.8 Å². The second-order valence-electron chi connectivity index (χ2n) is 1.81. The Morgan fingerprint density at radius 2 is 2.08 bits per heavy atom. The van der Waals surface area contributed by atoms with Gasteiger partial charge in [0, 0.05) is 0 Å². The van der Waals surface area contributed by atoms with Crippen molar-refractivity contribution in [3.05, 3.63) is 0 Å². The van der Waals surface area contributed by atoms with Crippen molar-refractivity contribution in [3.63, 3.8) is 0 Å². The van der Waals surface area contributed by atoms with Gasteiger partial charge in [0.15, 0.2) is 0 Å². The highest BCUT2D eigenvalue weighted by Gasteiger charge is 2.12. The number of carbonyl (C=O) groups excluding carboxylic acids is 1. The van der Waals surface area contributed by atoms with Crippen LogP contribution >= 0.6 is 7.60 Å². The molecule has 0 aromatic carbocycles. The molecule has 0 unspecified atom stereocenters. The summed E-state index contributed by atoms with van der Waals surface area (Å²) in [5.41, 5.74) is 1.13. The largest absolute Gasteiger partial charge is 0.344 e. The van der Waals surface area contributed by atoms with E-state index < -0.39 is 26.4 Å². The van der Waals surface area contributed by atoms with Crippen LogP contribution in [0.4, 0.5) is 0 Å². The topological polar surface area (TPSA) is 128 Å². The highest BCUT2D eigenvalue weighted by Crippen LogP contribution is 2.31. The fourth-order valence-corrected chi connectivity index (χ4v) is 0.794. The molecule has 0 rings (SSSR count). The molecule has 0 radical (unpaired) electrons. The standard InChI is InChI=1S/C3H9N2O6P/c6-3(11-5-7)1-4-2-12(8,9)10/h4-5,7H,1-2H2,(H2,8,9,10). The summed E-state index contributed by atoms with van der Waals surface area (Å²) in [5.74, 6) is -0.883. The van der Waals surface area contributed by atoms with Crippen LogP contribution in [0, 0.1) is 0 Å². The lowest BCUT2D eigenvalue weighted by molar-refractivity contribution is -0.175. The van der Waals surface area contributed by atoms with Gasteiger partial charge in [0.2, 0.25) is 0 Å². The maximum atomic E-state index is 10.4. The van der Waals surface area contributed by atoms with E-state index in [2.05, 4.69) is 10.2 Å². The molecule has 0 aliphatic carbocycles. The fourth-order valence-electron chi connectivity index (χ4n) is 0.391. The van der Waals surface area contributed by atoms with Gasteiger partial charge in [-0.3, -0.25) is 15.1 Å². The Hall–Kier alpha value is -0.500. The smallest absolute Gasteiger partial charge is 0.341 e. The molecule has 0 aromatic rings. The molecular formula is C3H9N2O6P. The van der Waals surface area contributed by atoms with Gasteiger partial charge in [-0.15, -0.1) is 0 Å². The third-order valence-electron chi connectivity index (χ3n) is 0.747. The van der Waals surface area contributed by atoms with Gasteiger partial charge in [-0.25, -0.2) is 4.79 Å². The monoisotopic (exact) mass is 200 g/mol. The van der Waals surface area contributed by atoms with Crippen molar-refractivity contribution < 1.29 is 29.2 Å². The van der Waals surface area contributed by atoms with Gasteiger partial charge >= 0.3 is 13.6 Å². The molecule has 0 aromatic heterocycles.